The molecule has 0 radical (unpaired) electrons. The standard InChI is InChI=1S/C21H23N3O2S2/c1-2-3-6-13-26-17-11-9-16(10-12-17)14-22-24-20(25)15-27-21-23-18-7-4-5-8-19(18)28-21/h4-5,7-12,14H,2-3,6,13,15H2,1H3,(H,24,25)/b22-14+. The molecule has 0 aliphatic carbocycles. The van der Waals surface area contributed by atoms with Crippen molar-refractivity contribution in [1.82, 2.24) is 10.4 Å². The zero-order valence-electron chi connectivity index (χ0n) is 15.8. The highest BCUT2D eigenvalue weighted by Crippen LogP contribution is 2.28. The summed E-state index contributed by atoms with van der Waals surface area (Å²) in [6.07, 6.45) is 5.06. The summed E-state index contributed by atoms with van der Waals surface area (Å²) in [6, 6.07) is 15.6. The summed E-state index contributed by atoms with van der Waals surface area (Å²) < 4.78 is 7.69. The van der Waals surface area contributed by atoms with Crippen LogP contribution >= 0.6 is 23.1 Å². The van der Waals surface area contributed by atoms with Gasteiger partial charge in [0.2, 0.25) is 0 Å². The number of benzene rings is 2. The number of nitrogens with one attached hydrogen (secondary N) is 1. The van der Waals surface area contributed by atoms with Crippen molar-refractivity contribution in [3.8, 4) is 5.75 Å². The SMILES string of the molecule is CCCCCOc1ccc(/C=N/NC(=O)CSc2nc3ccccc3s2)cc1. The molecule has 1 amide bonds. The Kier molecular flexibility index (Phi) is 7.87. The van der Waals surface area contributed by atoms with Gasteiger partial charge in [0, 0.05) is 0 Å². The molecule has 0 aliphatic heterocycles. The van der Waals surface area contributed by atoms with Crippen LogP contribution in [0, 0.1) is 0 Å². The van der Waals surface area contributed by atoms with Gasteiger partial charge in [0.05, 0.1) is 28.8 Å². The zero-order chi connectivity index (χ0) is 19.6. The number of fused-ring (bicyclic) bond motifs is 1. The maximum absolute atomic E-state index is 12.0. The van der Waals surface area contributed by atoms with Gasteiger partial charge in [0.1, 0.15) is 5.75 Å². The predicted octanol–water partition coefficient (Wildman–Crippen LogP) is 5.11. The van der Waals surface area contributed by atoms with Gasteiger partial charge in [0.25, 0.3) is 5.91 Å². The van der Waals surface area contributed by atoms with Gasteiger partial charge in [-0.25, -0.2) is 10.4 Å². The van der Waals surface area contributed by atoms with Crippen LogP contribution in [0.1, 0.15) is 31.7 Å². The zero-order valence-corrected chi connectivity index (χ0v) is 17.4. The van der Waals surface area contributed by atoms with Gasteiger partial charge in [-0.3, -0.25) is 4.79 Å². The smallest absolute Gasteiger partial charge is 0.250 e. The Morgan fingerprint density at radius 1 is 1.21 bits per heavy atom. The monoisotopic (exact) mass is 413 g/mol. The lowest BCUT2D eigenvalue weighted by Crippen LogP contribution is -2.19. The Balaban J connectivity index is 1.40. The molecular weight excluding hydrogens is 390 g/mol. The molecule has 0 saturated heterocycles. The number of hydrogen-bond acceptors (Lipinski definition) is 6. The van der Waals surface area contributed by atoms with Crippen LogP contribution in [0.15, 0.2) is 58.0 Å². The van der Waals surface area contributed by atoms with E-state index in [2.05, 4.69) is 22.4 Å². The summed E-state index contributed by atoms with van der Waals surface area (Å²) in [5.41, 5.74) is 4.42. The van der Waals surface area contributed by atoms with Crippen LogP contribution in [0.25, 0.3) is 10.2 Å². The lowest BCUT2D eigenvalue weighted by atomic mass is 10.2. The topological polar surface area (TPSA) is 63.6 Å². The van der Waals surface area contributed by atoms with Gasteiger partial charge in [-0.1, -0.05) is 43.7 Å². The average molecular weight is 414 g/mol. The second-order valence-corrected chi connectivity index (χ2v) is 8.41. The number of carbonyl (C=O) groups excluding carboxylic acids is 1. The minimum atomic E-state index is -0.156. The molecule has 1 N–H and O–H groups in total. The van der Waals surface area contributed by atoms with E-state index >= 15 is 0 Å². The van der Waals surface area contributed by atoms with E-state index < -0.39 is 0 Å². The van der Waals surface area contributed by atoms with Crippen molar-refractivity contribution >= 4 is 45.4 Å². The van der Waals surface area contributed by atoms with Crippen molar-refractivity contribution in [1.29, 1.82) is 0 Å². The number of para-hydroxylation sites is 1. The second kappa shape index (κ2) is 10.8. The molecule has 0 bridgehead atoms. The molecule has 5 nitrogen and oxygen atoms in total. The molecule has 0 spiro atoms. The lowest BCUT2D eigenvalue weighted by Gasteiger charge is -2.05. The van der Waals surface area contributed by atoms with Gasteiger partial charge < -0.3 is 4.74 Å². The van der Waals surface area contributed by atoms with Gasteiger partial charge in [0.15, 0.2) is 4.34 Å². The van der Waals surface area contributed by atoms with E-state index in [4.69, 9.17) is 4.74 Å². The molecule has 0 unspecified atom stereocenters. The number of aromatic nitrogens is 1. The summed E-state index contributed by atoms with van der Waals surface area (Å²) in [5.74, 6) is 0.975. The lowest BCUT2D eigenvalue weighted by molar-refractivity contribution is -0.118. The molecule has 3 aromatic rings. The van der Waals surface area contributed by atoms with Crippen LogP contribution in [0.5, 0.6) is 5.75 Å². The Morgan fingerprint density at radius 3 is 2.82 bits per heavy atom. The van der Waals surface area contributed by atoms with E-state index in [0.29, 0.717) is 0 Å². The number of rotatable bonds is 10. The summed E-state index contributed by atoms with van der Waals surface area (Å²) in [7, 11) is 0. The van der Waals surface area contributed by atoms with Crippen molar-refractivity contribution in [3.05, 3.63) is 54.1 Å². The van der Waals surface area contributed by atoms with Crippen molar-refractivity contribution in [2.75, 3.05) is 12.4 Å². The number of ether oxygens (including phenoxy) is 1. The number of thiazole rings is 1. The quantitative estimate of drug-likeness (QED) is 0.217. The number of carbonyl (C=O) groups is 1. The number of amides is 1. The Bertz CT molecular complexity index is 890. The fourth-order valence-electron chi connectivity index (χ4n) is 2.44. The first-order valence-corrected chi connectivity index (χ1v) is 11.1. The minimum absolute atomic E-state index is 0.156. The number of thioether (sulfide) groups is 1. The maximum atomic E-state index is 12.0. The van der Waals surface area contributed by atoms with Crippen molar-refractivity contribution < 1.29 is 9.53 Å². The average Bonchev–Trinajstić information content (AvgIpc) is 3.14. The van der Waals surface area contributed by atoms with Gasteiger partial charge in [-0.05, 0) is 48.4 Å². The van der Waals surface area contributed by atoms with E-state index in [1.807, 2.05) is 48.5 Å². The van der Waals surface area contributed by atoms with Crippen LogP contribution in [0.3, 0.4) is 0 Å². The molecule has 1 heterocycles. The highest BCUT2D eigenvalue weighted by Gasteiger charge is 2.06. The minimum Gasteiger partial charge on any atom is -0.494 e. The summed E-state index contributed by atoms with van der Waals surface area (Å²) in [5, 5.41) is 4.02. The predicted molar refractivity (Wildman–Crippen MR) is 118 cm³/mol. The highest BCUT2D eigenvalue weighted by molar-refractivity contribution is 8.01. The molecule has 1 aromatic heterocycles. The highest BCUT2D eigenvalue weighted by atomic mass is 32.2. The Hall–Kier alpha value is -2.38. The molecule has 0 fully saturated rings. The first-order chi connectivity index (χ1) is 13.7. The number of unbranched alkanes of at least 4 members (excludes halogenated alkanes) is 2. The van der Waals surface area contributed by atoms with Crippen LogP contribution in [0.2, 0.25) is 0 Å². The summed E-state index contributed by atoms with van der Waals surface area (Å²) in [4.78, 5) is 16.5. The van der Waals surface area contributed by atoms with E-state index in [9.17, 15) is 4.79 Å². The van der Waals surface area contributed by atoms with Crippen LogP contribution in [0.4, 0.5) is 0 Å². The number of nitrogens with zero attached hydrogens (tertiary/aromatic N) is 2. The third-order valence-corrected chi connectivity index (χ3v) is 6.08. The van der Waals surface area contributed by atoms with Crippen molar-refractivity contribution in [2.45, 2.75) is 30.5 Å². The first kappa shape index (κ1) is 20.4. The van der Waals surface area contributed by atoms with Crippen molar-refractivity contribution in [3.63, 3.8) is 0 Å². The number of hydrogen-bond donors (Lipinski definition) is 1. The van der Waals surface area contributed by atoms with E-state index in [1.54, 1.807) is 17.6 Å². The maximum Gasteiger partial charge on any atom is 0.250 e. The molecule has 0 aliphatic rings. The van der Waals surface area contributed by atoms with Gasteiger partial charge in [-0.15, -0.1) is 11.3 Å². The molecule has 0 saturated carbocycles. The third kappa shape index (κ3) is 6.35. The van der Waals surface area contributed by atoms with Crippen LogP contribution in [-0.4, -0.2) is 29.5 Å². The van der Waals surface area contributed by atoms with E-state index in [-0.39, 0.29) is 11.7 Å². The third-order valence-electron chi connectivity index (χ3n) is 3.90. The van der Waals surface area contributed by atoms with Gasteiger partial charge >= 0.3 is 0 Å². The Labute approximate surface area is 173 Å². The molecule has 146 valence electrons. The first-order valence-electron chi connectivity index (χ1n) is 9.28. The van der Waals surface area contributed by atoms with Crippen LogP contribution < -0.4 is 10.2 Å². The molecule has 0 atom stereocenters. The fourth-order valence-corrected chi connectivity index (χ4v) is 4.30. The largest absolute Gasteiger partial charge is 0.494 e. The van der Waals surface area contributed by atoms with E-state index in [1.165, 1.54) is 24.6 Å². The normalized spacial score (nSPS) is 11.2. The van der Waals surface area contributed by atoms with Crippen molar-refractivity contribution in [2.24, 2.45) is 5.10 Å². The molecule has 7 heteroatoms. The van der Waals surface area contributed by atoms with Gasteiger partial charge in [-0.2, -0.15) is 5.10 Å². The Morgan fingerprint density at radius 2 is 2.04 bits per heavy atom. The number of hydrazone groups is 1. The molecular formula is C21H23N3O2S2. The molecule has 28 heavy (non-hydrogen) atoms. The summed E-state index contributed by atoms with van der Waals surface area (Å²) >= 11 is 3.01. The van der Waals surface area contributed by atoms with Crippen LogP contribution in [-0.2, 0) is 4.79 Å². The second-order valence-electron chi connectivity index (χ2n) is 6.15. The molecule has 3 rings (SSSR count). The van der Waals surface area contributed by atoms with E-state index in [0.717, 1.165) is 38.9 Å². The fraction of sp³-hybridized carbons (Fsp3) is 0.286. The summed E-state index contributed by atoms with van der Waals surface area (Å²) in [6.45, 7) is 2.91. The molecule has 2 aromatic carbocycles.